The fourth-order valence-corrected chi connectivity index (χ4v) is 2.30. The lowest BCUT2D eigenvalue weighted by Crippen LogP contribution is -2.55. The van der Waals surface area contributed by atoms with Gasteiger partial charge in [-0.25, -0.2) is 4.39 Å². The first-order chi connectivity index (χ1) is 7.77. The normalized spacial score (nSPS) is 24.9. The maximum Gasteiger partial charge on any atom is 0.164 e. The van der Waals surface area contributed by atoms with Crippen LogP contribution in [0.15, 0.2) is 18.2 Å². The van der Waals surface area contributed by atoms with Crippen LogP contribution in [0.25, 0.3) is 0 Å². The number of ether oxygens (including phenoxy) is 2. The van der Waals surface area contributed by atoms with Crippen LogP contribution in [0.5, 0.6) is 11.5 Å². The number of benzene rings is 1. The van der Waals surface area contributed by atoms with Crippen molar-refractivity contribution in [3.8, 4) is 11.5 Å². The van der Waals surface area contributed by atoms with Crippen molar-refractivity contribution in [2.45, 2.75) is 18.4 Å². The first-order valence-corrected chi connectivity index (χ1v) is 5.60. The summed E-state index contributed by atoms with van der Waals surface area (Å²) >= 11 is 0. The van der Waals surface area contributed by atoms with Gasteiger partial charge in [-0.1, -0.05) is 0 Å². The first kappa shape index (κ1) is 15.3. The van der Waals surface area contributed by atoms with E-state index in [1.54, 1.807) is 6.07 Å². The molecule has 1 unspecified atom stereocenters. The fraction of sp³-hybridized carbons (Fsp3) is 0.500. The Morgan fingerprint density at radius 2 is 2.06 bits per heavy atom. The van der Waals surface area contributed by atoms with Crippen molar-refractivity contribution in [1.82, 2.24) is 5.32 Å². The fourth-order valence-electron chi connectivity index (χ4n) is 2.30. The smallest absolute Gasteiger partial charge is 0.164 e. The molecule has 2 heterocycles. The minimum absolute atomic E-state index is 0. The maximum atomic E-state index is 13.0. The summed E-state index contributed by atoms with van der Waals surface area (Å²) in [4.78, 5) is 0. The van der Waals surface area contributed by atoms with E-state index in [1.807, 2.05) is 0 Å². The number of fused-ring (bicyclic) bond motifs is 1. The van der Waals surface area contributed by atoms with Crippen LogP contribution in [0.1, 0.15) is 12.8 Å². The summed E-state index contributed by atoms with van der Waals surface area (Å²) in [6, 6.07) is 4.41. The number of hydrogen-bond donors (Lipinski definition) is 1. The highest BCUT2D eigenvalue weighted by Gasteiger charge is 2.39. The van der Waals surface area contributed by atoms with Crippen molar-refractivity contribution < 1.29 is 13.9 Å². The van der Waals surface area contributed by atoms with Gasteiger partial charge in [0.1, 0.15) is 12.4 Å². The van der Waals surface area contributed by atoms with Crippen LogP contribution < -0.4 is 14.8 Å². The summed E-state index contributed by atoms with van der Waals surface area (Å²) in [5.41, 5.74) is -0.261. The molecule has 1 spiro atoms. The third-order valence-corrected chi connectivity index (χ3v) is 3.16. The van der Waals surface area contributed by atoms with Crippen LogP contribution in [0.4, 0.5) is 4.39 Å². The lowest BCUT2D eigenvalue weighted by atomic mass is 9.94. The second-order valence-electron chi connectivity index (χ2n) is 4.45. The highest BCUT2D eigenvalue weighted by molar-refractivity contribution is 5.85. The Bertz CT molecular complexity index is 411. The third-order valence-electron chi connectivity index (χ3n) is 3.16. The molecule has 1 fully saturated rings. The van der Waals surface area contributed by atoms with E-state index in [0.717, 1.165) is 25.9 Å². The number of nitrogens with one attached hydrogen (secondary N) is 1. The van der Waals surface area contributed by atoms with Gasteiger partial charge in [0.25, 0.3) is 0 Å². The van der Waals surface area contributed by atoms with Crippen LogP contribution in [0.2, 0.25) is 0 Å². The molecule has 18 heavy (non-hydrogen) atoms. The second-order valence-corrected chi connectivity index (χ2v) is 4.45. The molecule has 102 valence electrons. The topological polar surface area (TPSA) is 30.5 Å². The molecule has 2 aliphatic rings. The summed E-state index contributed by atoms with van der Waals surface area (Å²) in [7, 11) is 0. The molecule has 1 atom stereocenters. The van der Waals surface area contributed by atoms with Gasteiger partial charge in [0.15, 0.2) is 17.1 Å². The molecule has 3 rings (SSSR count). The second kappa shape index (κ2) is 5.95. The molecule has 0 saturated carbocycles. The predicted molar refractivity (Wildman–Crippen MR) is 71.9 cm³/mol. The van der Waals surface area contributed by atoms with E-state index >= 15 is 0 Å². The van der Waals surface area contributed by atoms with Gasteiger partial charge >= 0.3 is 0 Å². The molecule has 0 bridgehead atoms. The Kier molecular flexibility index (Phi) is 5.08. The van der Waals surface area contributed by atoms with Crippen molar-refractivity contribution in [2.75, 3.05) is 19.7 Å². The molecule has 2 aliphatic heterocycles. The van der Waals surface area contributed by atoms with Gasteiger partial charge in [0.05, 0.1) is 0 Å². The lowest BCUT2D eigenvalue weighted by molar-refractivity contribution is -0.0253. The van der Waals surface area contributed by atoms with E-state index in [1.165, 1.54) is 12.1 Å². The van der Waals surface area contributed by atoms with E-state index in [0.29, 0.717) is 18.1 Å². The first-order valence-electron chi connectivity index (χ1n) is 5.60. The molecule has 1 aromatic carbocycles. The minimum atomic E-state index is -0.292. The lowest BCUT2D eigenvalue weighted by Gasteiger charge is -2.41. The Labute approximate surface area is 118 Å². The zero-order valence-electron chi connectivity index (χ0n) is 9.78. The van der Waals surface area contributed by atoms with Crippen molar-refractivity contribution in [1.29, 1.82) is 0 Å². The van der Waals surface area contributed by atoms with Crippen molar-refractivity contribution in [3.05, 3.63) is 24.0 Å². The highest BCUT2D eigenvalue weighted by Crippen LogP contribution is 2.37. The summed E-state index contributed by atoms with van der Waals surface area (Å²) in [6.07, 6.45) is 2.07. The third kappa shape index (κ3) is 2.82. The van der Waals surface area contributed by atoms with Crippen LogP contribution in [-0.4, -0.2) is 25.3 Å². The highest BCUT2D eigenvalue weighted by atomic mass is 35.5. The van der Waals surface area contributed by atoms with Gasteiger partial charge in [-0.2, -0.15) is 0 Å². The molecule has 3 nitrogen and oxygen atoms in total. The molecule has 1 aromatic rings. The number of halogens is 3. The van der Waals surface area contributed by atoms with Gasteiger partial charge in [-0.05, 0) is 31.5 Å². The Morgan fingerprint density at radius 3 is 2.78 bits per heavy atom. The Morgan fingerprint density at radius 1 is 1.22 bits per heavy atom. The summed E-state index contributed by atoms with van der Waals surface area (Å²) in [5.74, 6) is 0.868. The molecule has 6 heteroatoms. The largest absolute Gasteiger partial charge is 0.485 e. The van der Waals surface area contributed by atoms with Crippen molar-refractivity contribution in [3.63, 3.8) is 0 Å². The van der Waals surface area contributed by atoms with Crippen LogP contribution in [-0.2, 0) is 0 Å². The summed E-state index contributed by atoms with van der Waals surface area (Å²) < 4.78 is 24.5. The monoisotopic (exact) mass is 295 g/mol. The standard InChI is InChI=1S/C12H14FNO2.2ClH/c13-9-2-3-10-11(6-9)15-8-12(16-10)4-1-5-14-7-12;;/h2-3,6,14H,1,4-5,7-8H2;2*1H. The van der Waals surface area contributed by atoms with E-state index < -0.39 is 0 Å². The number of piperidine rings is 1. The number of rotatable bonds is 0. The van der Waals surface area contributed by atoms with Crippen LogP contribution in [0.3, 0.4) is 0 Å². The van der Waals surface area contributed by atoms with Gasteiger partial charge in [0, 0.05) is 12.6 Å². The maximum absolute atomic E-state index is 13.0. The van der Waals surface area contributed by atoms with Gasteiger partial charge in [0.2, 0.25) is 0 Å². The summed E-state index contributed by atoms with van der Waals surface area (Å²) in [5, 5.41) is 3.31. The predicted octanol–water partition coefficient (Wildman–Crippen LogP) is 2.56. The Hall–Kier alpha value is -0.710. The number of hydrogen-bond acceptors (Lipinski definition) is 3. The van der Waals surface area contributed by atoms with E-state index in [-0.39, 0.29) is 36.2 Å². The molecule has 0 amide bonds. The molecular formula is C12H16Cl2FNO2. The summed E-state index contributed by atoms with van der Waals surface area (Å²) in [6.45, 7) is 2.32. The van der Waals surface area contributed by atoms with Crippen LogP contribution in [0, 0.1) is 5.82 Å². The zero-order chi connectivity index (χ0) is 11.0. The Balaban J connectivity index is 0.000000810. The van der Waals surface area contributed by atoms with Gasteiger partial charge < -0.3 is 14.8 Å². The molecule has 0 aromatic heterocycles. The molecule has 1 saturated heterocycles. The average Bonchev–Trinajstić information content (AvgIpc) is 2.31. The molecule has 0 aliphatic carbocycles. The minimum Gasteiger partial charge on any atom is -0.485 e. The van der Waals surface area contributed by atoms with E-state index in [4.69, 9.17) is 9.47 Å². The zero-order valence-corrected chi connectivity index (χ0v) is 11.4. The SMILES string of the molecule is Cl.Cl.Fc1ccc2c(c1)OCC1(CCCNC1)O2. The molecular weight excluding hydrogens is 280 g/mol. The van der Waals surface area contributed by atoms with Crippen molar-refractivity contribution in [2.24, 2.45) is 0 Å². The van der Waals surface area contributed by atoms with E-state index in [2.05, 4.69) is 5.32 Å². The van der Waals surface area contributed by atoms with Gasteiger partial charge in [-0.3, -0.25) is 0 Å². The molecule has 1 N–H and O–H groups in total. The van der Waals surface area contributed by atoms with E-state index in [9.17, 15) is 4.39 Å². The molecule has 0 radical (unpaired) electrons. The van der Waals surface area contributed by atoms with Crippen molar-refractivity contribution >= 4 is 24.8 Å². The average molecular weight is 296 g/mol. The van der Waals surface area contributed by atoms with Gasteiger partial charge in [-0.15, -0.1) is 24.8 Å². The quantitative estimate of drug-likeness (QED) is 0.798. The van der Waals surface area contributed by atoms with Crippen LogP contribution >= 0.6 is 24.8 Å².